The zero-order valence-electron chi connectivity index (χ0n) is 18.6. The van der Waals surface area contributed by atoms with Crippen LogP contribution in [0.4, 0.5) is 13.2 Å². The lowest BCUT2D eigenvalue weighted by Crippen LogP contribution is -2.24. The molecule has 0 saturated carbocycles. The van der Waals surface area contributed by atoms with Gasteiger partial charge in [-0.15, -0.1) is 0 Å². The summed E-state index contributed by atoms with van der Waals surface area (Å²) in [6.07, 6.45) is 1.53. The largest absolute Gasteiger partial charge is 0.490 e. The van der Waals surface area contributed by atoms with Crippen LogP contribution in [0, 0.1) is 6.92 Å². The average Bonchev–Trinajstić information content (AvgIpc) is 3.51. The summed E-state index contributed by atoms with van der Waals surface area (Å²) in [6.45, 7) is 4.47. The monoisotopic (exact) mass is 486 g/mol. The van der Waals surface area contributed by atoms with Crippen LogP contribution >= 0.6 is 0 Å². The zero-order chi connectivity index (χ0) is 25.0. The highest BCUT2D eigenvalue weighted by Crippen LogP contribution is 2.30. The van der Waals surface area contributed by atoms with Crippen LogP contribution in [0.25, 0.3) is 22.8 Å². The quantitative estimate of drug-likeness (QED) is 0.449. The van der Waals surface area contributed by atoms with Crippen molar-refractivity contribution in [2.75, 3.05) is 6.54 Å². The standard InChI is InChI=1S/C21H20N6O.C2HF3O2/c1-14-19(18-6-8-22-11-17(18)12-23-14)20-25-21(28-26-20)16-5-2-4-15(10-16)13-27-9-3-7-24-27;3-2(4,5)1(6)7/h2-5,7,9-10,12,22H,6,8,11,13H2,1H3;(H,6,7). The number of hydrogen-bond acceptors (Lipinski definition) is 7. The predicted molar refractivity (Wildman–Crippen MR) is 118 cm³/mol. The molecule has 5 rings (SSSR count). The Bertz CT molecular complexity index is 1320. The highest BCUT2D eigenvalue weighted by atomic mass is 19.4. The number of nitrogens with zero attached hydrogens (tertiary/aromatic N) is 5. The van der Waals surface area contributed by atoms with Gasteiger partial charge in [0.1, 0.15) is 0 Å². The van der Waals surface area contributed by atoms with Crippen LogP contribution < -0.4 is 5.32 Å². The Morgan fingerprint density at radius 3 is 2.80 bits per heavy atom. The topological polar surface area (TPSA) is 119 Å². The first-order valence-electron chi connectivity index (χ1n) is 10.6. The van der Waals surface area contributed by atoms with E-state index < -0.39 is 12.1 Å². The van der Waals surface area contributed by atoms with Crippen LogP contribution in [-0.2, 0) is 24.3 Å². The fraction of sp³-hybridized carbons (Fsp3) is 0.261. The normalized spacial score (nSPS) is 13.0. The molecule has 1 aromatic carbocycles. The summed E-state index contributed by atoms with van der Waals surface area (Å²) >= 11 is 0. The van der Waals surface area contributed by atoms with E-state index in [1.165, 1.54) is 11.1 Å². The maximum atomic E-state index is 10.6. The van der Waals surface area contributed by atoms with Gasteiger partial charge < -0.3 is 14.9 Å². The number of rotatable bonds is 4. The third kappa shape index (κ3) is 5.72. The van der Waals surface area contributed by atoms with Gasteiger partial charge >= 0.3 is 12.1 Å². The molecule has 0 radical (unpaired) electrons. The number of aromatic nitrogens is 5. The van der Waals surface area contributed by atoms with Crippen molar-refractivity contribution in [3.05, 3.63) is 71.3 Å². The van der Waals surface area contributed by atoms with E-state index in [9.17, 15) is 13.2 Å². The number of benzene rings is 1. The van der Waals surface area contributed by atoms with Gasteiger partial charge in [0.2, 0.25) is 5.82 Å². The number of nitrogens with one attached hydrogen (secondary N) is 1. The molecule has 0 fully saturated rings. The fourth-order valence-electron chi connectivity index (χ4n) is 3.69. The molecule has 1 aliphatic rings. The molecule has 182 valence electrons. The molecular formula is C23H21F3N6O3. The number of carboxylic acid groups (broad SMARTS) is 1. The van der Waals surface area contributed by atoms with Crippen molar-refractivity contribution >= 4 is 5.97 Å². The molecule has 0 bridgehead atoms. The second-order valence-corrected chi connectivity index (χ2v) is 7.78. The Morgan fingerprint density at radius 2 is 2.09 bits per heavy atom. The number of alkyl halides is 3. The molecule has 3 aromatic heterocycles. The molecule has 1 aliphatic heterocycles. The van der Waals surface area contributed by atoms with E-state index in [0.29, 0.717) is 18.3 Å². The number of pyridine rings is 1. The maximum absolute atomic E-state index is 10.6. The predicted octanol–water partition coefficient (Wildman–Crippen LogP) is 3.63. The third-order valence-corrected chi connectivity index (χ3v) is 5.30. The van der Waals surface area contributed by atoms with Gasteiger partial charge in [0.15, 0.2) is 0 Å². The first-order chi connectivity index (χ1) is 16.7. The van der Waals surface area contributed by atoms with Crippen molar-refractivity contribution in [2.45, 2.75) is 32.6 Å². The van der Waals surface area contributed by atoms with Crippen molar-refractivity contribution in [2.24, 2.45) is 0 Å². The summed E-state index contributed by atoms with van der Waals surface area (Å²) < 4.78 is 39.2. The number of halogens is 3. The summed E-state index contributed by atoms with van der Waals surface area (Å²) in [4.78, 5) is 18.1. The molecule has 0 aliphatic carbocycles. The van der Waals surface area contributed by atoms with Crippen molar-refractivity contribution in [3.8, 4) is 22.8 Å². The van der Waals surface area contributed by atoms with Crippen molar-refractivity contribution < 1.29 is 27.6 Å². The fourth-order valence-corrected chi connectivity index (χ4v) is 3.69. The molecule has 9 nitrogen and oxygen atoms in total. The van der Waals surface area contributed by atoms with E-state index in [-0.39, 0.29) is 0 Å². The van der Waals surface area contributed by atoms with E-state index in [2.05, 4.69) is 32.7 Å². The lowest BCUT2D eigenvalue weighted by Gasteiger charge is -2.19. The summed E-state index contributed by atoms with van der Waals surface area (Å²) in [5.41, 5.74) is 6.44. The maximum Gasteiger partial charge on any atom is 0.490 e. The van der Waals surface area contributed by atoms with Gasteiger partial charge in [-0.2, -0.15) is 23.3 Å². The first-order valence-corrected chi connectivity index (χ1v) is 10.6. The number of carbonyl (C=O) groups is 1. The van der Waals surface area contributed by atoms with Crippen molar-refractivity contribution in [1.29, 1.82) is 0 Å². The lowest BCUT2D eigenvalue weighted by molar-refractivity contribution is -0.192. The van der Waals surface area contributed by atoms with E-state index in [1.807, 2.05) is 42.2 Å². The van der Waals surface area contributed by atoms with Gasteiger partial charge in [0, 0.05) is 42.0 Å². The van der Waals surface area contributed by atoms with Crippen LogP contribution in [0.5, 0.6) is 0 Å². The van der Waals surface area contributed by atoms with Crippen LogP contribution in [0.15, 0.2) is 53.4 Å². The third-order valence-electron chi connectivity index (χ3n) is 5.30. The Morgan fingerprint density at radius 1 is 1.29 bits per heavy atom. The van der Waals surface area contributed by atoms with Crippen molar-refractivity contribution in [1.82, 2.24) is 30.2 Å². The minimum absolute atomic E-state index is 0.517. The zero-order valence-corrected chi connectivity index (χ0v) is 18.6. The van der Waals surface area contributed by atoms with Crippen LogP contribution in [-0.4, -0.2) is 48.7 Å². The number of aryl methyl sites for hydroxylation is 1. The van der Waals surface area contributed by atoms with Gasteiger partial charge in [0.25, 0.3) is 5.89 Å². The Balaban J connectivity index is 0.000000364. The summed E-state index contributed by atoms with van der Waals surface area (Å²) in [5, 5.41) is 19.0. The van der Waals surface area contributed by atoms with Crippen molar-refractivity contribution in [3.63, 3.8) is 0 Å². The van der Waals surface area contributed by atoms with Crippen LogP contribution in [0.1, 0.15) is 22.4 Å². The molecule has 0 amide bonds. The lowest BCUT2D eigenvalue weighted by atomic mass is 9.95. The number of hydrogen-bond donors (Lipinski definition) is 2. The molecule has 35 heavy (non-hydrogen) atoms. The SMILES string of the molecule is Cc1ncc2c(c1-c1noc(-c3cccc(Cn4cccn4)c3)n1)CCNC2.O=C(O)C(F)(F)F. The van der Waals surface area contributed by atoms with Gasteiger partial charge in [-0.3, -0.25) is 9.67 Å². The number of fused-ring (bicyclic) bond motifs is 1. The smallest absolute Gasteiger partial charge is 0.475 e. The number of carboxylic acids is 1. The van der Waals surface area contributed by atoms with E-state index in [0.717, 1.165) is 41.9 Å². The first kappa shape index (κ1) is 24.1. The van der Waals surface area contributed by atoms with E-state index in [4.69, 9.17) is 19.4 Å². The molecule has 0 unspecified atom stereocenters. The van der Waals surface area contributed by atoms with E-state index >= 15 is 0 Å². The highest BCUT2D eigenvalue weighted by Gasteiger charge is 2.38. The summed E-state index contributed by atoms with van der Waals surface area (Å²) in [5.74, 6) is -1.63. The second kappa shape index (κ2) is 10.1. The molecule has 0 saturated heterocycles. The average molecular weight is 486 g/mol. The minimum atomic E-state index is -5.08. The Labute approximate surface area is 197 Å². The summed E-state index contributed by atoms with van der Waals surface area (Å²) in [7, 11) is 0. The second-order valence-electron chi connectivity index (χ2n) is 7.78. The molecule has 4 heterocycles. The summed E-state index contributed by atoms with van der Waals surface area (Å²) in [6, 6.07) is 10.0. The molecular weight excluding hydrogens is 465 g/mol. The Hall–Kier alpha value is -4.06. The molecule has 0 atom stereocenters. The van der Waals surface area contributed by atoms with Gasteiger partial charge in [-0.25, -0.2) is 4.79 Å². The van der Waals surface area contributed by atoms with Gasteiger partial charge in [0.05, 0.1) is 6.54 Å². The molecule has 4 aromatic rings. The minimum Gasteiger partial charge on any atom is -0.475 e. The molecule has 2 N–H and O–H groups in total. The Kier molecular flexibility index (Phi) is 6.92. The highest BCUT2D eigenvalue weighted by molar-refractivity contribution is 5.73. The van der Waals surface area contributed by atoms with Crippen LogP contribution in [0.3, 0.4) is 0 Å². The van der Waals surface area contributed by atoms with Crippen LogP contribution in [0.2, 0.25) is 0 Å². The van der Waals surface area contributed by atoms with Gasteiger partial charge in [-0.1, -0.05) is 17.3 Å². The molecule has 0 spiro atoms. The molecule has 12 heteroatoms. The van der Waals surface area contributed by atoms with E-state index in [1.54, 1.807) is 6.20 Å². The van der Waals surface area contributed by atoms with Gasteiger partial charge in [-0.05, 0) is 54.8 Å². The number of aliphatic carboxylic acids is 1.